The topological polar surface area (TPSA) is 167 Å². The zero-order chi connectivity index (χ0) is 21.5. The van der Waals surface area contributed by atoms with Gasteiger partial charge in [-0.2, -0.15) is 5.11 Å². The van der Waals surface area contributed by atoms with E-state index < -0.39 is 16.9 Å². The fourth-order valence-corrected chi connectivity index (χ4v) is 3.21. The maximum absolute atomic E-state index is 11.5. The summed E-state index contributed by atoms with van der Waals surface area (Å²) in [6, 6.07) is 11.4. The second-order valence-corrected chi connectivity index (χ2v) is 6.75. The number of carboxylic acids is 1. The lowest BCUT2D eigenvalue weighted by atomic mass is 10.0. The minimum atomic E-state index is -1.29. The number of aromatic nitrogens is 1. The number of hydrogen-bond acceptors (Lipinski definition) is 8. The Balaban J connectivity index is 1.77. The zero-order valence-electron chi connectivity index (χ0n) is 15.2. The van der Waals surface area contributed by atoms with Gasteiger partial charge in [0.2, 0.25) is 5.13 Å². The molecule has 0 amide bonds. The smallest absolute Gasteiger partial charge is 0.330 e. The molecule has 12 heteroatoms. The van der Waals surface area contributed by atoms with E-state index in [1.807, 2.05) is 0 Å². The third kappa shape index (κ3) is 5.01. The minimum Gasteiger partial charge on any atom is -0.480 e. The summed E-state index contributed by atoms with van der Waals surface area (Å²) in [4.78, 5) is 29.1. The maximum Gasteiger partial charge on any atom is 0.330 e. The van der Waals surface area contributed by atoms with Gasteiger partial charge < -0.3 is 5.11 Å². The van der Waals surface area contributed by atoms with Crippen LogP contribution < -0.4 is 0 Å². The van der Waals surface area contributed by atoms with Crippen molar-refractivity contribution in [2.24, 2.45) is 15.3 Å². The van der Waals surface area contributed by atoms with E-state index in [4.69, 9.17) is 5.53 Å². The summed E-state index contributed by atoms with van der Waals surface area (Å²) in [5.74, 6) is -1.25. The first-order valence-corrected chi connectivity index (χ1v) is 9.33. The predicted octanol–water partition coefficient (Wildman–Crippen LogP) is 5.44. The number of carboxylic acid groups (broad SMARTS) is 1. The van der Waals surface area contributed by atoms with Gasteiger partial charge in [0, 0.05) is 39.6 Å². The molecule has 0 saturated heterocycles. The van der Waals surface area contributed by atoms with Crippen molar-refractivity contribution >= 4 is 33.8 Å². The Morgan fingerprint density at radius 2 is 2.00 bits per heavy atom. The van der Waals surface area contributed by atoms with Gasteiger partial charge >= 0.3 is 5.97 Å². The Morgan fingerprint density at radius 1 is 1.27 bits per heavy atom. The molecule has 0 saturated carbocycles. The molecule has 11 nitrogen and oxygen atoms in total. The van der Waals surface area contributed by atoms with E-state index in [1.54, 1.807) is 35.7 Å². The van der Waals surface area contributed by atoms with Gasteiger partial charge in [-0.1, -0.05) is 47.6 Å². The lowest BCUT2D eigenvalue weighted by Gasteiger charge is -2.06. The van der Waals surface area contributed by atoms with E-state index in [2.05, 4.69) is 25.2 Å². The first-order chi connectivity index (χ1) is 14.5. The Hall–Kier alpha value is -4.15. The molecule has 30 heavy (non-hydrogen) atoms. The number of nitrogens with zero attached hydrogens (tertiary/aromatic N) is 7. The minimum absolute atomic E-state index is 0.167. The normalized spacial score (nSPS) is 11.7. The van der Waals surface area contributed by atoms with E-state index in [0.717, 1.165) is 5.56 Å². The maximum atomic E-state index is 11.5. The molecule has 3 aromatic rings. The second kappa shape index (κ2) is 9.37. The number of aliphatic carboxylic acids is 1. The summed E-state index contributed by atoms with van der Waals surface area (Å²) in [7, 11) is 0. The summed E-state index contributed by atoms with van der Waals surface area (Å²) in [6.45, 7) is 0. The van der Waals surface area contributed by atoms with Crippen LogP contribution in [0.3, 0.4) is 0 Å². The van der Waals surface area contributed by atoms with Crippen LogP contribution in [0.5, 0.6) is 0 Å². The number of benzene rings is 2. The highest BCUT2D eigenvalue weighted by Gasteiger charge is 2.22. The van der Waals surface area contributed by atoms with Gasteiger partial charge in [0.1, 0.15) is 0 Å². The number of carbonyl (C=O) groups is 1. The van der Waals surface area contributed by atoms with Crippen molar-refractivity contribution in [3.8, 4) is 11.3 Å². The molecular formula is C18H13N7O4S. The van der Waals surface area contributed by atoms with E-state index in [0.29, 0.717) is 11.4 Å². The van der Waals surface area contributed by atoms with Gasteiger partial charge in [-0.25, -0.2) is 9.78 Å². The third-order valence-corrected chi connectivity index (χ3v) is 4.71. The quantitative estimate of drug-likeness (QED) is 0.167. The lowest BCUT2D eigenvalue weighted by molar-refractivity contribution is -0.385. The molecule has 1 N–H and O–H groups in total. The molecule has 0 bridgehead atoms. The van der Waals surface area contributed by atoms with E-state index in [-0.39, 0.29) is 22.8 Å². The first kappa shape index (κ1) is 20.6. The molecule has 0 aliphatic carbocycles. The third-order valence-electron chi connectivity index (χ3n) is 3.98. The molecule has 1 heterocycles. The van der Waals surface area contributed by atoms with Gasteiger partial charge in [-0.3, -0.25) is 10.1 Å². The molecule has 1 atom stereocenters. The van der Waals surface area contributed by atoms with Crippen molar-refractivity contribution in [3.05, 3.63) is 80.0 Å². The Kier molecular flexibility index (Phi) is 6.42. The van der Waals surface area contributed by atoms with Gasteiger partial charge in [-0.05, 0) is 5.53 Å². The van der Waals surface area contributed by atoms with Crippen LogP contribution in [0.4, 0.5) is 16.5 Å². The summed E-state index contributed by atoms with van der Waals surface area (Å²) in [6.07, 6.45) is -0.172. The highest BCUT2D eigenvalue weighted by molar-refractivity contribution is 7.13. The summed E-state index contributed by atoms with van der Waals surface area (Å²) < 4.78 is 0. The summed E-state index contributed by atoms with van der Waals surface area (Å²) in [5.41, 5.74) is 10.4. The molecule has 0 fully saturated rings. The van der Waals surface area contributed by atoms with E-state index in [9.17, 15) is 20.0 Å². The Bertz CT molecular complexity index is 1150. The summed E-state index contributed by atoms with van der Waals surface area (Å²) in [5, 5.41) is 33.8. The fraction of sp³-hybridized carbons (Fsp3) is 0.111. The molecule has 1 aromatic heterocycles. The van der Waals surface area contributed by atoms with Gasteiger partial charge in [0.15, 0.2) is 6.04 Å². The molecular weight excluding hydrogens is 410 g/mol. The number of rotatable bonds is 8. The standard InChI is InChI=1S/C18H13N7O4S/c19-24-21-13-7-5-11(6-8-13)15-10-30-18(20-15)23-22-14(17(26)27)9-12-3-1-2-4-16(12)25(28)29/h1-8,10,14H,9H2,(H,26,27). The lowest BCUT2D eigenvalue weighted by Crippen LogP contribution is -2.20. The van der Waals surface area contributed by atoms with Crippen LogP contribution in [0.15, 0.2) is 69.3 Å². The van der Waals surface area contributed by atoms with E-state index in [1.165, 1.54) is 29.5 Å². The summed E-state index contributed by atoms with van der Waals surface area (Å²) >= 11 is 1.17. The second-order valence-electron chi connectivity index (χ2n) is 5.91. The molecule has 150 valence electrons. The number of hydrogen-bond donors (Lipinski definition) is 1. The number of nitro benzene ring substituents is 1. The highest BCUT2D eigenvalue weighted by Crippen LogP contribution is 2.29. The van der Waals surface area contributed by atoms with Gasteiger partial charge in [-0.15, -0.1) is 16.5 Å². The first-order valence-electron chi connectivity index (χ1n) is 8.45. The van der Waals surface area contributed by atoms with Gasteiger partial charge in [0.05, 0.1) is 10.6 Å². The fourth-order valence-electron chi connectivity index (χ4n) is 2.56. The van der Waals surface area contributed by atoms with Crippen molar-refractivity contribution in [1.82, 2.24) is 4.98 Å². The predicted molar refractivity (Wildman–Crippen MR) is 109 cm³/mol. The van der Waals surface area contributed by atoms with Crippen molar-refractivity contribution in [1.29, 1.82) is 0 Å². The number of azo groups is 1. The number of nitro groups is 1. The van der Waals surface area contributed by atoms with Crippen molar-refractivity contribution in [2.75, 3.05) is 0 Å². The molecule has 3 rings (SSSR count). The average Bonchev–Trinajstić information content (AvgIpc) is 3.21. The van der Waals surface area contributed by atoms with Crippen LogP contribution >= 0.6 is 11.3 Å². The number of azide groups is 1. The average molecular weight is 423 g/mol. The van der Waals surface area contributed by atoms with Crippen LogP contribution in [0.25, 0.3) is 21.7 Å². The van der Waals surface area contributed by atoms with Gasteiger partial charge in [0.25, 0.3) is 5.69 Å². The molecule has 0 aliphatic heterocycles. The Labute approximate surface area is 173 Å². The van der Waals surface area contributed by atoms with Crippen LogP contribution in [0.1, 0.15) is 5.56 Å². The SMILES string of the molecule is [N-]=[N+]=Nc1ccc(-c2csc(N=NC(Cc3ccccc3[N+](=O)[O-])C(=O)O)n2)cc1. The highest BCUT2D eigenvalue weighted by atomic mass is 32.1. The zero-order valence-corrected chi connectivity index (χ0v) is 16.0. The van der Waals surface area contributed by atoms with Crippen molar-refractivity contribution in [3.63, 3.8) is 0 Å². The van der Waals surface area contributed by atoms with E-state index >= 15 is 0 Å². The van der Waals surface area contributed by atoms with Crippen molar-refractivity contribution in [2.45, 2.75) is 12.5 Å². The van der Waals surface area contributed by atoms with Crippen LogP contribution in [0, 0.1) is 10.1 Å². The van der Waals surface area contributed by atoms with Crippen LogP contribution in [-0.2, 0) is 11.2 Å². The molecule has 0 radical (unpaired) electrons. The molecule has 1 unspecified atom stereocenters. The molecule has 2 aromatic carbocycles. The molecule has 0 aliphatic rings. The number of thiazole rings is 1. The van der Waals surface area contributed by atoms with Crippen LogP contribution in [0.2, 0.25) is 0 Å². The largest absolute Gasteiger partial charge is 0.480 e. The Morgan fingerprint density at radius 3 is 2.67 bits per heavy atom. The molecule has 0 spiro atoms. The van der Waals surface area contributed by atoms with Crippen molar-refractivity contribution < 1.29 is 14.8 Å². The number of para-hydroxylation sites is 1. The van der Waals surface area contributed by atoms with Crippen LogP contribution in [-0.4, -0.2) is 27.0 Å². The monoisotopic (exact) mass is 423 g/mol.